The molecule has 1 heterocycles. The lowest BCUT2D eigenvalue weighted by Crippen LogP contribution is -2.51. The number of hydrogen-bond donors (Lipinski definition) is 1. The molecule has 1 saturated heterocycles. The van der Waals surface area contributed by atoms with Crippen LogP contribution in [0.4, 0.5) is 0 Å². The van der Waals surface area contributed by atoms with Gasteiger partial charge < -0.3 is 10.1 Å². The summed E-state index contributed by atoms with van der Waals surface area (Å²) < 4.78 is 5.81. The van der Waals surface area contributed by atoms with E-state index < -0.39 is 0 Å². The Balaban J connectivity index is 2.57. The summed E-state index contributed by atoms with van der Waals surface area (Å²) in [7, 11) is 0. The quantitative estimate of drug-likeness (QED) is 0.800. The highest BCUT2D eigenvalue weighted by Gasteiger charge is 2.30. The summed E-state index contributed by atoms with van der Waals surface area (Å²) in [5, 5.41) is 3.67. The standard InChI is InChI=1S/C14H30N2O/c1-6-14(5)12-16(10-8-9-15-14)11-13(3,4)17-7-2/h15H,6-12H2,1-5H3. The zero-order chi connectivity index (χ0) is 12.9. The third-order valence-corrected chi connectivity index (χ3v) is 3.70. The first kappa shape index (κ1) is 14.9. The summed E-state index contributed by atoms with van der Waals surface area (Å²) in [5.41, 5.74) is 0.229. The van der Waals surface area contributed by atoms with Crippen LogP contribution in [0.3, 0.4) is 0 Å². The Morgan fingerprint density at radius 1 is 1.35 bits per heavy atom. The third-order valence-electron chi connectivity index (χ3n) is 3.70. The molecular weight excluding hydrogens is 212 g/mol. The normalized spacial score (nSPS) is 28.1. The monoisotopic (exact) mass is 242 g/mol. The molecule has 0 aromatic heterocycles. The van der Waals surface area contributed by atoms with Gasteiger partial charge in [-0.25, -0.2) is 0 Å². The molecule has 1 atom stereocenters. The number of rotatable bonds is 5. The fraction of sp³-hybridized carbons (Fsp3) is 1.00. The van der Waals surface area contributed by atoms with Crippen molar-refractivity contribution >= 4 is 0 Å². The fourth-order valence-corrected chi connectivity index (χ4v) is 2.67. The van der Waals surface area contributed by atoms with Gasteiger partial charge in [0.15, 0.2) is 0 Å². The predicted octanol–water partition coefficient (Wildman–Crippen LogP) is 2.27. The molecule has 1 unspecified atom stereocenters. The second-order valence-corrected chi connectivity index (χ2v) is 6.10. The average molecular weight is 242 g/mol. The van der Waals surface area contributed by atoms with Crippen LogP contribution in [0.1, 0.15) is 47.5 Å². The highest BCUT2D eigenvalue weighted by atomic mass is 16.5. The molecule has 1 aliphatic heterocycles. The van der Waals surface area contributed by atoms with Crippen LogP contribution in [0.5, 0.6) is 0 Å². The van der Waals surface area contributed by atoms with Crippen molar-refractivity contribution in [3.63, 3.8) is 0 Å². The number of ether oxygens (including phenoxy) is 1. The molecule has 0 aromatic carbocycles. The van der Waals surface area contributed by atoms with Crippen LogP contribution >= 0.6 is 0 Å². The lowest BCUT2D eigenvalue weighted by atomic mass is 9.98. The van der Waals surface area contributed by atoms with Gasteiger partial charge in [-0.1, -0.05) is 6.92 Å². The summed E-state index contributed by atoms with van der Waals surface area (Å²) in [6, 6.07) is 0. The first-order valence-electron chi connectivity index (χ1n) is 7.02. The molecule has 1 aliphatic rings. The Bertz CT molecular complexity index is 230. The van der Waals surface area contributed by atoms with Crippen LogP contribution in [0.15, 0.2) is 0 Å². The molecule has 1 rings (SSSR count). The maximum absolute atomic E-state index is 5.81. The van der Waals surface area contributed by atoms with E-state index in [1.54, 1.807) is 0 Å². The van der Waals surface area contributed by atoms with E-state index in [0.29, 0.717) is 0 Å². The third kappa shape index (κ3) is 4.94. The fourth-order valence-electron chi connectivity index (χ4n) is 2.67. The Hall–Kier alpha value is -0.120. The molecule has 3 heteroatoms. The van der Waals surface area contributed by atoms with Crippen molar-refractivity contribution in [1.29, 1.82) is 0 Å². The first-order chi connectivity index (χ1) is 7.91. The molecule has 3 nitrogen and oxygen atoms in total. The van der Waals surface area contributed by atoms with E-state index in [4.69, 9.17) is 4.74 Å². The van der Waals surface area contributed by atoms with Gasteiger partial charge >= 0.3 is 0 Å². The molecule has 0 aromatic rings. The minimum Gasteiger partial charge on any atom is -0.375 e. The second kappa shape index (κ2) is 6.17. The van der Waals surface area contributed by atoms with Crippen LogP contribution in [0, 0.1) is 0 Å². The minimum absolute atomic E-state index is 0.0340. The molecule has 102 valence electrons. The summed E-state index contributed by atoms with van der Waals surface area (Å²) in [5.74, 6) is 0. The van der Waals surface area contributed by atoms with Crippen LogP contribution in [-0.4, -0.2) is 48.8 Å². The van der Waals surface area contributed by atoms with Gasteiger partial charge in [0.2, 0.25) is 0 Å². The number of hydrogen-bond acceptors (Lipinski definition) is 3. The van der Waals surface area contributed by atoms with Crippen LogP contribution in [0.2, 0.25) is 0 Å². The number of nitrogens with one attached hydrogen (secondary N) is 1. The Kier molecular flexibility index (Phi) is 5.42. The van der Waals surface area contributed by atoms with Crippen molar-refractivity contribution in [2.24, 2.45) is 0 Å². The highest BCUT2D eigenvalue weighted by Crippen LogP contribution is 2.18. The Morgan fingerprint density at radius 2 is 2.06 bits per heavy atom. The van der Waals surface area contributed by atoms with Crippen molar-refractivity contribution in [3.05, 3.63) is 0 Å². The van der Waals surface area contributed by atoms with Gasteiger partial charge in [0.1, 0.15) is 0 Å². The molecule has 0 amide bonds. The maximum atomic E-state index is 5.81. The average Bonchev–Trinajstić information content (AvgIpc) is 2.40. The SMILES string of the molecule is CCOC(C)(C)CN1CCCNC(C)(CC)C1. The maximum Gasteiger partial charge on any atom is 0.0752 e. The van der Waals surface area contributed by atoms with Gasteiger partial charge in [0.25, 0.3) is 0 Å². The smallest absolute Gasteiger partial charge is 0.0752 e. The predicted molar refractivity (Wildman–Crippen MR) is 73.5 cm³/mol. The molecule has 0 aliphatic carbocycles. The largest absolute Gasteiger partial charge is 0.375 e. The molecule has 1 fully saturated rings. The molecule has 0 spiro atoms. The molecule has 0 bridgehead atoms. The first-order valence-corrected chi connectivity index (χ1v) is 7.02. The van der Waals surface area contributed by atoms with E-state index >= 15 is 0 Å². The van der Waals surface area contributed by atoms with Crippen LogP contribution in [-0.2, 0) is 4.74 Å². The van der Waals surface area contributed by atoms with Crippen LogP contribution in [0.25, 0.3) is 0 Å². The van der Waals surface area contributed by atoms with E-state index in [1.165, 1.54) is 19.4 Å². The van der Waals surface area contributed by atoms with Gasteiger partial charge in [-0.15, -0.1) is 0 Å². The zero-order valence-electron chi connectivity index (χ0n) is 12.3. The molecular formula is C14H30N2O. The topological polar surface area (TPSA) is 24.5 Å². The van der Waals surface area contributed by atoms with Gasteiger partial charge in [0.05, 0.1) is 5.60 Å². The minimum atomic E-state index is -0.0340. The van der Waals surface area contributed by atoms with Crippen LogP contribution < -0.4 is 5.32 Å². The van der Waals surface area contributed by atoms with Gasteiger partial charge in [-0.3, -0.25) is 4.90 Å². The summed E-state index contributed by atoms with van der Waals surface area (Å²) in [6.45, 7) is 16.3. The van der Waals surface area contributed by atoms with Crippen molar-refractivity contribution < 1.29 is 4.74 Å². The van der Waals surface area contributed by atoms with Gasteiger partial charge in [-0.2, -0.15) is 0 Å². The van der Waals surface area contributed by atoms with E-state index in [2.05, 4.69) is 44.8 Å². The molecule has 1 N–H and O–H groups in total. The summed E-state index contributed by atoms with van der Waals surface area (Å²) >= 11 is 0. The van der Waals surface area contributed by atoms with Crippen molar-refractivity contribution in [1.82, 2.24) is 10.2 Å². The van der Waals surface area contributed by atoms with E-state index in [-0.39, 0.29) is 11.1 Å². The van der Waals surface area contributed by atoms with E-state index in [1.807, 2.05) is 0 Å². The van der Waals surface area contributed by atoms with E-state index in [9.17, 15) is 0 Å². The van der Waals surface area contributed by atoms with Crippen molar-refractivity contribution in [3.8, 4) is 0 Å². The van der Waals surface area contributed by atoms with E-state index in [0.717, 1.165) is 26.2 Å². The second-order valence-electron chi connectivity index (χ2n) is 6.10. The van der Waals surface area contributed by atoms with Gasteiger partial charge in [-0.05, 0) is 53.6 Å². The van der Waals surface area contributed by atoms with Crippen molar-refractivity contribution in [2.75, 3.05) is 32.8 Å². The Labute approximate surface area is 107 Å². The lowest BCUT2D eigenvalue weighted by molar-refractivity contribution is -0.0362. The van der Waals surface area contributed by atoms with Gasteiger partial charge in [0, 0.05) is 25.2 Å². The molecule has 0 saturated carbocycles. The molecule has 17 heavy (non-hydrogen) atoms. The van der Waals surface area contributed by atoms with Crippen molar-refractivity contribution in [2.45, 2.75) is 58.6 Å². The number of nitrogens with zero attached hydrogens (tertiary/aromatic N) is 1. The Morgan fingerprint density at radius 3 is 2.65 bits per heavy atom. The molecule has 0 radical (unpaired) electrons. The summed E-state index contributed by atoms with van der Waals surface area (Å²) in [4.78, 5) is 2.55. The zero-order valence-corrected chi connectivity index (χ0v) is 12.3. The highest BCUT2D eigenvalue weighted by molar-refractivity contribution is 4.89. The summed E-state index contributed by atoms with van der Waals surface area (Å²) in [6.07, 6.45) is 2.41. The lowest BCUT2D eigenvalue weighted by Gasteiger charge is -2.37.